The molecule has 0 aliphatic carbocycles. The van der Waals surface area contributed by atoms with Crippen molar-refractivity contribution in [2.24, 2.45) is 17.6 Å². The minimum absolute atomic E-state index is 0.0409. The van der Waals surface area contributed by atoms with E-state index in [2.05, 4.69) is 38.8 Å². The fourth-order valence-corrected chi connectivity index (χ4v) is 6.91. The van der Waals surface area contributed by atoms with E-state index in [1.807, 2.05) is 6.92 Å². The first-order valence-corrected chi connectivity index (χ1v) is 22.0. The van der Waals surface area contributed by atoms with Crippen LogP contribution in [0.2, 0.25) is 0 Å². The third kappa shape index (κ3) is 18.8. The Hall–Kier alpha value is -5.26. The van der Waals surface area contributed by atoms with Crippen LogP contribution in [0.5, 0.6) is 5.75 Å². The zero-order chi connectivity index (χ0) is 46.5. The van der Waals surface area contributed by atoms with Crippen molar-refractivity contribution < 1.29 is 53.3 Å². The van der Waals surface area contributed by atoms with Gasteiger partial charge in [-0.05, 0) is 63.1 Å². The molecule has 0 bridgehead atoms. The van der Waals surface area contributed by atoms with Crippen LogP contribution >= 0.6 is 0 Å². The SMILES string of the molecule is CCCCCCCCCC[C@@H](C)[C@@H]1CC(=O)N[C@H]([C@@H](C)O)C(=O)N[C@@H](C)C(=O)N[C@H](C)C(=O)N[C@@H](CCC(N)=O)C(=O)N[C@H](Cc2ccc(O)cc2)C(=O)N[C@@H](C(C)C)C(=O)O1. The largest absolute Gasteiger partial charge is 0.508 e. The Morgan fingerprint density at radius 3 is 1.81 bits per heavy atom. The van der Waals surface area contributed by atoms with Crippen molar-refractivity contribution in [2.45, 2.75) is 180 Å². The van der Waals surface area contributed by atoms with Gasteiger partial charge in [-0.1, -0.05) is 91.2 Å². The van der Waals surface area contributed by atoms with Crippen LogP contribution in [0.15, 0.2) is 24.3 Å². The maximum Gasteiger partial charge on any atom is 0.329 e. The molecule has 1 fully saturated rings. The van der Waals surface area contributed by atoms with Gasteiger partial charge in [-0.15, -0.1) is 0 Å². The highest BCUT2D eigenvalue weighted by atomic mass is 16.5. The second kappa shape index (κ2) is 26.9. The molecule has 10 N–H and O–H groups in total. The zero-order valence-electron chi connectivity index (χ0n) is 37.4. The average Bonchev–Trinajstić information content (AvgIpc) is 3.20. The molecular weight excluding hydrogens is 803 g/mol. The molecule has 7 amide bonds. The van der Waals surface area contributed by atoms with Gasteiger partial charge in [0.05, 0.1) is 12.5 Å². The predicted octanol–water partition coefficient (Wildman–Crippen LogP) is 1.67. The number of aliphatic hydroxyl groups is 1. The van der Waals surface area contributed by atoms with Gasteiger partial charge in [0.1, 0.15) is 48.1 Å². The summed E-state index contributed by atoms with van der Waals surface area (Å²) in [4.78, 5) is 107. The van der Waals surface area contributed by atoms with Crippen molar-refractivity contribution in [1.29, 1.82) is 0 Å². The van der Waals surface area contributed by atoms with Crippen LogP contribution in [0.3, 0.4) is 0 Å². The van der Waals surface area contributed by atoms with E-state index in [0.29, 0.717) is 12.0 Å². The van der Waals surface area contributed by atoms with Gasteiger partial charge in [-0.25, -0.2) is 4.79 Å². The van der Waals surface area contributed by atoms with Crippen LogP contribution in [-0.4, -0.2) is 106 Å². The molecular formula is C44H71N7O11. The molecule has 0 saturated carbocycles. The van der Waals surface area contributed by atoms with Crippen molar-refractivity contribution in [3.8, 4) is 5.75 Å². The van der Waals surface area contributed by atoms with Crippen LogP contribution in [0.4, 0.5) is 0 Å². The van der Waals surface area contributed by atoms with Crippen LogP contribution in [0.1, 0.15) is 131 Å². The van der Waals surface area contributed by atoms with Crippen LogP contribution in [-0.2, 0) is 49.5 Å². The topological polar surface area (TPSA) is 284 Å². The lowest BCUT2D eigenvalue weighted by Gasteiger charge is -2.30. The molecule has 348 valence electrons. The molecule has 1 saturated heterocycles. The molecule has 0 spiro atoms. The van der Waals surface area contributed by atoms with Gasteiger partial charge >= 0.3 is 5.97 Å². The van der Waals surface area contributed by atoms with Crippen molar-refractivity contribution in [1.82, 2.24) is 31.9 Å². The summed E-state index contributed by atoms with van der Waals surface area (Å²) < 4.78 is 6.04. The fraction of sp³-hybridized carbons (Fsp3) is 0.682. The lowest BCUT2D eigenvalue weighted by molar-refractivity contribution is -0.158. The quantitative estimate of drug-likeness (QED) is 0.0802. The third-order valence-electron chi connectivity index (χ3n) is 10.9. The molecule has 1 aromatic rings. The molecule has 9 atom stereocenters. The highest BCUT2D eigenvalue weighted by Crippen LogP contribution is 2.22. The Morgan fingerprint density at radius 1 is 0.710 bits per heavy atom. The van der Waals surface area contributed by atoms with E-state index in [9.17, 15) is 48.6 Å². The van der Waals surface area contributed by atoms with Gasteiger partial charge in [0.15, 0.2) is 0 Å². The fourth-order valence-electron chi connectivity index (χ4n) is 6.91. The minimum Gasteiger partial charge on any atom is -0.508 e. The summed E-state index contributed by atoms with van der Waals surface area (Å²) >= 11 is 0. The first-order valence-electron chi connectivity index (χ1n) is 22.0. The Morgan fingerprint density at radius 2 is 1.24 bits per heavy atom. The van der Waals surface area contributed by atoms with E-state index >= 15 is 0 Å². The molecule has 18 heteroatoms. The summed E-state index contributed by atoms with van der Waals surface area (Å²) in [5.74, 6) is -7.54. The highest BCUT2D eigenvalue weighted by Gasteiger charge is 2.36. The van der Waals surface area contributed by atoms with Crippen LogP contribution in [0, 0.1) is 11.8 Å². The summed E-state index contributed by atoms with van der Waals surface area (Å²) in [5.41, 5.74) is 5.89. The standard InChI is InChI=1S/C44H71N7O11/c1-8-9-10-11-12-13-14-15-16-26(4)34-24-36(55)50-38(29(7)52)43(60)47-27(5)39(56)46-28(6)40(57)48-32(21-22-35(45)54)41(58)49-33(23-30-17-19-31(53)20-18-30)42(59)51-37(25(2)3)44(61)62-34/h17-20,25-29,32-34,37-38,52-53H,8-16,21-24H2,1-7H3,(H2,45,54)(H,46,56)(H,47,60)(H,48,57)(H,49,58)(H,50,55)(H,51,59)/t26-,27+,28-,29-,32+,33-,34+,37+,38-/m1/s1. The van der Waals surface area contributed by atoms with Gasteiger partial charge in [-0.2, -0.15) is 0 Å². The maximum atomic E-state index is 14.2. The van der Waals surface area contributed by atoms with Crippen LogP contribution < -0.4 is 37.6 Å². The van der Waals surface area contributed by atoms with Gasteiger partial charge in [0, 0.05) is 12.8 Å². The zero-order valence-corrected chi connectivity index (χ0v) is 37.4. The van der Waals surface area contributed by atoms with Crippen LogP contribution in [0.25, 0.3) is 0 Å². The first kappa shape index (κ1) is 52.9. The van der Waals surface area contributed by atoms with Crippen molar-refractivity contribution >= 4 is 47.3 Å². The molecule has 18 nitrogen and oxygen atoms in total. The monoisotopic (exact) mass is 874 g/mol. The number of carbonyl (C=O) groups excluding carboxylic acids is 8. The molecule has 1 aliphatic rings. The van der Waals surface area contributed by atoms with E-state index in [1.54, 1.807) is 13.8 Å². The molecule has 1 heterocycles. The number of hydrogen-bond donors (Lipinski definition) is 9. The van der Waals surface area contributed by atoms with E-state index in [-0.39, 0.29) is 30.9 Å². The number of esters is 1. The molecule has 62 heavy (non-hydrogen) atoms. The van der Waals surface area contributed by atoms with E-state index in [4.69, 9.17) is 10.5 Å². The number of aromatic hydroxyl groups is 1. The average molecular weight is 874 g/mol. The molecule has 1 aromatic carbocycles. The second-order valence-corrected chi connectivity index (χ2v) is 16.9. The first-order chi connectivity index (χ1) is 29.2. The Kier molecular flexibility index (Phi) is 23.0. The predicted molar refractivity (Wildman–Crippen MR) is 231 cm³/mol. The van der Waals surface area contributed by atoms with E-state index < -0.39 is 108 Å². The number of carbonyl (C=O) groups is 8. The number of rotatable bonds is 17. The minimum atomic E-state index is -1.52. The second-order valence-electron chi connectivity index (χ2n) is 16.9. The summed E-state index contributed by atoms with van der Waals surface area (Å²) in [5, 5.41) is 35.6. The highest BCUT2D eigenvalue weighted by molar-refractivity contribution is 5.97. The number of amides is 7. The smallest absolute Gasteiger partial charge is 0.329 e. The van der Waals surface area contributed by atoms with Gasteiger partial charge < -0.3 is 52.6 Å². The molecule has 0 aromatic heterocycles. The number of phenolic OH excluding ortho intramolecular Hbond substituents is 1. The maximum absolute atomic E-state index is 14.2. The number of phenols is 1. The summed E-state index contributed by atoms with van der Waals surface area (Å²) in [7, 11) is 0. The number of benzene rings is 1. The van der Waals surface area contributed by atoms with E-state index in [0.717, 1.165) is 38.5 Å². The molecule has 2 rings (SSSR count). The van der Waals surface area contributed by atoms with E-state index in [1.165, 1.54) is 57.9 Å². The summed E-state index contributed by atoms with van der Waals surface area (Å²) in [6, 6.07) is -2.27. The number of hydrogen-bond acceptors (Lipinski definition) is 11. The van der Waals surface area contributed by atoms with Crippen molar-refractivity contribution in [2.75, 3.05) is 0 Å². The number of unbranched alkanes of at least 4 members (excludes halogenated alkanes) is 7. The molecule has 0 unspecified atom stereocenters. The normalized spacial score (nSPS) is 25.0. The molecule has 0 radical (unpaired) electrons. The number of ether oxygens (including phenoxy) is 1. The number of cyclic esters (lactones) is 1. The van der Waals surface area contributed by atoms with Crippen molar-refractivity contribution in [3.63, 3.8) is 0 Å². The number of aliphatic hydroxyl groups excluding tert-OH is 1. The number of nitrogens with two attached hydrogens (primary N) is 1. The number of primary amides is 1. The lowest BCUT2D eigenvalue weighted by atomic mass is 9.93. The molecule has 1 aliphatic heterocycles. The lowest BCUT2D eigenvalue weighted by Crippen LogP contribution is -2.60. The Balaban J connectivity index is 2.58. The summed E-state index contributed by atoms with van der Waals surface area (Å²) in [6.45, 7) is 11.3. The Bertz CT molecular complexity index is 1660. The third-order valence-corrected chi connectivity index (χ3v) is 10.9. The summed E-state index contributed by atoms with van der Waals surface area (Å²) in [6.07, 6.45) is 5.57. The van der Waals surface area contributed by atoms with Gasteiger partial charge in [0.25, 0.3) is 0 Å². The number of nitrogens with one attached hydrogen (secondary N) is 6. The van der Waals surface area contributed by atoms with Crippen molar-refractivity contribution in [3.05, 3.63) is 29.8 Å². The van der Waals surface area contributed by atoms with Gasteiger partial charge in [0.2, 0.25) is 41.4 Å². The van der Waals surface area contributed by atoms with Gasteiger partial charge in [-0.3, -0.25) is 33.6 Å². The Labute approximate surface area is 365 Å².